The van der Waals surface area contributed by atoms with E-state index < -0.39 is 5.97 Å². The van der Waals surface area contributed by atoms with Crippen LogP contribution in [-0.2, 0) is 9.59 Å². The van der Waals surface area contributed by atoms with Crippen LogP contribution in [0.4, 0.5) is 0 Å². The molecule has 1 aromatic rings. The quantitative estimate of drug-likeness (QED) is 0.503. The van der Waals surface area contributed by atoms with Gasteiger partial charge in [0.25, 0.3) is 0 Å². The lowest BCUT2D eigenvalue weighted by atomic mass is 9.87. The highest BCUT2D eigenvalue weighted by Crippen LogP contribution is 2.31. The number of carboxylic acids is 1. The number of benzene rings is 1. The van der Waals surface area contributed by atoms with E-state index in [0.717, 1.165) is 11.1 Å². The molecule has 1 N–H and O–H groups in total. The van der Waals surface area contributed by atoms with Gasteiger partial charge in [0.2, 0.25) is 0 Å². The van der Waals surface area contributed by atoms with Gasteiger partial charge < -0.3 is 5.11 Å². The Labute approximate surface area is 105 Å². The fraction of sp³-hybridized carbons (Fsp3) is 0.200. The highest BCUT2D eigenvalue weighted by atomic mass is 16.4. The van der Waals surface area contributed by atoms with Gasteiger partial charge >= 0.3 is 5.97 Å². The second kappa shape index (κ2) is 5.00. The normalized spacial score (nSPS) is 16.1. The molecule has 0 fully saturated rings. The number of carboxylic acid groups (broad SMARTS) is 1. The highest BCUT2D eigenvalue weighted by Gasteiger charge is 2.23. The van der Waals surface area contributed by atoms with Gasteiger partial charge in [-0.2, -0.15) is 0 Å². The number of allylic oxidation sites excluding steroid dienone is 2. The van der Waals surface area contributed by atoms with Crippen LogP contribution < -0.4 is 0 Å². The van der Waals surface area contributed by atoms with Gasteiger partial charge in [0.05, 0.1) is 0 Å². The van der Waals surface area contributed by atoms with E-state index in [2.05, 4.69) is 0 Å². The van der Waals surface area contributed by atoms with Gasteiger partial charge in [-0.05, 0) is 23.1 Å². The molecule has 0 atom stereocenters. The zero-order valence-corrected chi connectivity index (χ0v) is 10.1. The summed E-state index contributed by atoms with van der Waals surface area (Å²) in [5, 5.41) is 9.25. The average molecular weight is 242 g/mol. The number of rotatable bonds is 3. The Bertz CT molecular complexity index is 565. The second-order valence-electron chi connectivity index (χ2n) is 4.13. The van der Waals surface area contributed by atoms with Gasteiger partial charge in [0, 0.05) is 6.42 Å². The molecule has 0 heterocycles. The van der Waals surface area contributed by atoms with Crippen molar-refractivity contribution in [2.75, 3.05) is 0 Å². The molecule has 92 valence electrons. The van der Waals surface area contributed by atoms with Gasteiger partial charge in [-0.3, -0.25) is 4.79 Å². The average Bonchev–Trinajstić information content (AvgIpc) is 2.38. The highest BCUT2D eigenvalue weighted by molar-refractivity contribution is 6.22. The van der Waals surface area contributed by atoms with Crippen molar-refractivity contribution in [1.82, 2.24) is 0 Å². The van der Waals surface area contributed by atoms with Crippen LogP contribution in [0.2, 0.25) is 0 Å². The molecule has 3 heteroatoms. The van der Waals surface area contributed by atoms with Crippen LogP contribution >= 0.6 is 0 Å². The van der Waals surface area contributed by atoms with E-state index in [0.29, 0.717) is 12.0 Å². The van der Waals surface area contributed by atoms with Gasteiger partial charge in [0.15, 0.2) is 5.78 Å². The first-order valence-electron chi connectivity index (χ1n) is 5.90. The van der Waals surface area contributed by atoms with Crippen molar-refractivity contribution in [3.8, 4) is 0 Å². The maximum absolute atomic E-state index is 11.8. The summed E-state index contributed by atoms with van der Waals surface area (Å²) in [7, 11) is 0. The molecule has 0 bridgehead atoms. The first kappa shape index (κ1) is 12.3. The topological polar surface area (TPSA) is 54.4 Å². The summed E-state index contributed by atoms with van der Waals surface area (Å²) in [6.07, 6.45) is 4.54. The molecular weight excluding hydrogens is 228 g/mol. The van der Waals surface area contributed by atoms with E-state index in [1.54, 1.807) is 6.92 Å². The lowest BCUT2D eigenvalue weighted by Gasteiger charge is -2.16. The Morgan fingerprint density at radius 1 is 1.28 bits per heavy atom. The molecule has 0 saturated carbocycles. The van der Waals surface area contributed by atoms with Crippen LogP contribution in [0.25, 0.3) is 11.6 Å². The minimum atomic E-state index is -1.14. The predicted octanol–water partition coefficient (Wildman–Crippen LogP) is 2.92. The fourth-order valence-corrected chi connectivity index (χ4v) is 2.16. The fourth-order valence-electron chi connectivity index (χ4n) is 2.16. The number of fused-ring (bicyclic) bond motifs is 1. The van der Waals surface area contributed by atoms with Crippen LogP contribution in [0.15, 0.2) is 35.9 Å². The number of aliphatic carboxylic acids is 1. The summed E-state index contributed by atoms with van der Waals surface area (Å²) in [6.45, 7) is 1.68. The van der Waals surface area contributed by atoms with Crippen molar-refractivity contribution in [1.29, 1.82) is 0 Å². The molecule has 0 saturated heterocycles. The maximum atomic E-state index is 11.8. The molecule has 2 rings (SSSR count). The molecule has 1 aromatic carbocycles. The number of hydrogen-bond donors (Lipinski definition) is 1. The number of ketones is 1. The van der Waals surface area contributed by atoms with Crippen molar-refractivity contribution in [3.63, 3.8) is 0 Å². The summed E-state index contributed by atoms with van der Waals surface area (Å²) in [4.78, 5) is 23.1. The minimum Gasteiger partial charge on any atom is -0.478 e. The third-order valence-corrected chi connectivity index (χ3v) is 3.02. The molecule has 1 aliphatic rings. The molecule has 0 unspecified atom stereocenters. The number of hydrogen-bond acceptors (Lipinski definition) is 2. The molecule has 18 heavy (non-hydrogen) atoms. The van der Waals surface area contributed by atoms with Crippen LogP contribution in [0.1, 0.15) is 30.9 Å². The van der Waals surface area contributed by atoms with Gasteiger partial charge in [-0.25, -0.2) is 4.79 Å². The maximum Gasteiger partial charge on any atom is 0.339 e. The largest absolute Gasteiger partial charge is 0.478 e. The predicted molar refractivity (Wildman–Crippen MR) is 69.9 cm³/mol. The molecule has 0 radical (unpaired) electrons. The van der Waals surface area contributed by atoms with E-state index >= 15 is 0 Å². The van der Waals surface area contributed by atoms with Crippen molar-refractivity contribution in [3.05, 3.63) is 47.0 Å². The van der Waals surface area contributed by atoms with E-state index in [1.807, 2.05) is 36.4 Å². The number of Topliss-reactive ketones (excluding diaryl/α,β-unsaturated/α-hetero) is 1. The second-order valence-corrected chi connectivity index (χ2v) is 4.13. The minimum absolute atomic E-state index is 0.0747. The van der Waals surface area contributed by atoms with Crippen molar-refractivity contribution >= 4 is 23.4 Å². The Morgan fingerprint density at radius 3 is 2.67 bits per heavy atom. The molecule has 0 aliphatic heterocycles. The lowest BCUT2D eigenvalue weighted by Crippen LogP contribution is -2.15. The van der Waals surface area contributed by atoms with Gasteiger partial charge in [0.1, 0.15) is 5.57 Å². The summed E-state index contributed by atoms with van der Waals surface area (Å²) >= 11 is 0. The number of carbonyl (C=O) groups is 2. The molecule has 3 nitrogen and oxygen atoms in total. The van der Waals surface area contributed by atoms with Gasteiger partial charge in [-0.15, -0.1) is 0 Å². The van der Waals surface area contributed by atoms with Crippen molar-refractivity contribution < 1.29 is 14.7 Å². The molecule has 0 spiro atoms. The summed E-state index contributed by atoms with van der Waals surface area (Å²) in [5.74, 6) is -1.45. The SMILES string of the molecule is CCC(=O)C(C(=O)O)=C1CC=Cc2ccccc21. The Hall–Kier alpha value is -2.16. The van der Waals surface area contributed by atoms with Crippen LogP contribution in [0, 0.1) is 0 Å². The van der Waals surface area contributed by atoms with E-state index in [9.17, 15) is 14.7 Å². The standard InChI is InChI=1S/C15H14O3/c1-2-13(16)14(15(17)18)12-9-5-7-10-6-3-4-8-11(10)12/h3-8H,2,9H2,1H3,(H,17,18). The molecule has 1 aliphatic carbocycles. The Balaban J connectivity index is 2.65. The van der Waals surface area contributed by atoms with Crippen molar-refractivity contribution in [2.45, 2.75) is 19.8 Å². The van der Waals surface area contributed by atoms with E-state index in [4.69, 9.17) is 0 Å². The molecule has 0 aromatic heterocycles. The Morgan fingerprint density at radius 2 is 2.00 bits per heavy atom. The molecule has 0 amide bonds. The zero-order valence-electron chi connectivity index (χ0n) is 10.1. The summed E-state index contributed by atoms with van der Waals surface area (Å²) in [6, 6.07) is 7.53. The first-order valence-corrected chi connectivity index (χ1v) is 5.90. The molecular formula is C15H14O3. The smallest absolute Gasteiger partial charge is 0.339 e. The summed E-state index contributed by atoms with van der Waals surface area (Å²) in [5.41, 5.74) is 2.35. The lowest BCUT2D eigenvalue weighted by molar-refractivity contribution is -0.134. The van der Waals surface area contributed by atoms with E-state index in [-0.39, 0.29) is 17.8 Å². The zero-order chi connectivity index (χ0) is 13.1. The monoisotopic (exact) mass is 242 g/mol. The van der Waals surface area contributed by atoms with E-state index in [1.165, 1.54) is 0 Å². The van der Waals surface area contributed by atoms with Crippen molar-refractivity contribution in [2.24, 2.45) is 0 Å². The number of carbonyl (C=O) groups excluding carboxylic acids is 1. The third kappa shape index (κ3) is 2.12. The summed E-state index contributed by atoms with van der Waals surface area (Å²) < 4.78 is 0. The third-order valence-electron chi connectivity index (χ3n) is 3.02. The van der Waals surface area contributed by atoms with Gasteiger partial charge in [-0.1, -0.05) is 43.3 Å². The van der Waals surface area contributed by atoms with Crippen LogP contribution in [0.5, 0.6) is 0 Å². The van der Waals surface area contributed by atoms with Crippen LogP contribution in [-0.4, -0.2) is 16.9 Å². The Kier molecular flexibility index (Phi) is 3.42. The van der Waals surface area contributed by atoms with Crippen LogP contribution in [0.3, 0.4) is 0 Å². The first-order chi connectivity index (χ1) is 8.65.